The van der Waals surface area contributed by atoms with E-state index in [1.54, 1.807) is 0 Å². The molecule has 0 heterocycles. The molecule has 38 heavy (non-hydrogen) atoms. The minimum atomic E-state index is -4.46. The van der Waals surface area contributed by atoms with Crippen molar-refractivity contribution >= 4 is 0 Å². The molecule has 0 aliphatic heterocycles. The zero-order valence-electron chi connectivity index (χ0n) is 21.5. The number of hydrogen-bond donors (Lipinski definition) is 0. The van der Waals surface area contributed by atoms with Crippen LogP contribution in [0, 0.1) is 29.4 Å². The largest absolute Gasteiger partial charge is 0.425 e. The van der Waals surface area contributed by atoms with Gasteiger partial charge < -0.3 is 9.47 Å². The minimum Gasteiger partial charge on any atom is -0.425 e. The highest BCUT2D eigenvalue weighted by Crippen LogP contribution is 2.45. The number of alkyl halides is 4. The maximum absolute atomic E-state index is 14.7. The van der Waals surface area contributed by atoms with Crippen LogP contribution < -0.4 is 4.74 Å². The molecule has 0 radical (unpaired) electrons. The standard InChI is InChI=1S/C29H35F7O2/c1-2-4-18-7-9-19(10-8-18)20-11-13-21(14-12-20)22-15-23(30)27(24(31)16-22)38-28(34,35)17-37-29(36)25(32)5-3-6-26(29)33/h3,5-6,15-16,18-21,25H,2,4,7-14,17H2,1H3. The first-order valence-electron chi connectivity index (χ1n) is 13.6. The van der Waals surface area contributed by atoms with Gasteiger partial charge in [0.2, 0.25) is 0 Å². The summed E-state index contributed by atoms with van der Waals surface area (Å²) in [6, 6.07) is 1.97. The Balaban J connectivity index is 1.33. The first-order valence-corrected chi connectivity index (χ1v) is 13.6. The van der Waals surface area contributed by atoms with Gasteiger partial charge in [-0.25, -0.2) is 22.0 Å². The SMILES string of the molecule is CCCC1CCC(C2CCC(c3cc(F)c(OC(F)(F)COC4(F)C(F)=CC=CC4F)c(F)c3)CC2)CC1. The van der Waals surface area contributed by atoms with E-state index < -0.39 is 48.0 Å². The summed E-state index contributed by atoms with van der Waals surface area (Å²) in [5.74, 6) is -7.51. The van der Waals surface area contributed by atoms with Gasteiger partial charge in [0.15, 0.2) is 36.0 Å². The second-order valence-electron chi connectivity index (χ2n) is 11.0. The van der Waals surface area contributed by atoms with Crippen molar-refractivity contribution in [2.45, 2.75) is 95.2 Å². The zero-order chi connectivity index (χ0) is 27.5. The van der Waals surface area contributed by atoms with Crippen molar-refractivity contribution in [3.8, 4) is 5.75 Å². The number of benzene rings is 1. The summed E-state index contributed by atoms with van der Waals surface area (Å²) in [6.07, 6.45) is 5.83. The summed E-state index contributed by atoms with van der Waals surface area (Å²) in [7, 11) is 0. The molecule has 1 aromatic carbocycles. The third-order valence-corrected chi connectivity index (χ3v) is 8.42. The molecule has 2 saturated carbocycles. The first-order chi connectivity index (χ1) is 18.0. The summed E-state index contributed by atoms with van der Waals surface area (Å²) < 4.78 is 108. The Morgan fingerprint density at radius 2 is 1.50 bits per heavy atom. The molecule has 0 spiro atoms. The van der Waals surface area contributed by atoms with Crippen LogP contribution in [0.1, 0.15) is 82.6 Å². The fraction of sp³-hybridized carbons (Fsp3) is 0.655. The van der Waals surface area contributed by atoms with Gasteiger partial charge in [0, 0.05) is 0 Å². The molecule has 2 unspecified atom stereocenters. The highest BCUT2D eigenvalue weighted by molar-refractivity contribution is 5.34. The Morgan fingerprint density at radius 3 is 2.05 bits per heavy atom. The van der Waals surface area contributed by atoms with Gasteiger partial charge in [-0.05, 0) is 92.0 Å². The molecule has 9 heteroatoms. The molecule has 4 rings (SSSR count). The monoisotopic (exact) mass is 548 g/mol. The van der Waals surface area contributed by atoms with Crippen LogP contribution in [0.2, 0.25) is 0 Å². The van der Waals surface area contributed by atoms with E-state index in [4.69, 9.17) is 0 Å². The van der Waals surface area contributed by atoms with Crippen LogP contribution in [0.25, 0.3) is 0 Å². The Bertz CT molecular complexity index is 987. The van der Waals surface area contributed by atoms with E-state index in [-0.39, 0.29) is 5.92 Å². The fourth-order valence-electron chi connectivity index (χ4n) is 6.32. The molecule has 2 atom stereocenters. The molecule has 2 fully saturated rings. The number of rotatable bonds is 9. The van der Waals surface area contributed by atoms with E-state index >= 15 is 0 Å². The van der Waals surface area contributed by atoms with Gasteiger partial charge in [0.25, 0.3) is 5.85 Å². The molecule has 3 aliphatic rings. The molecule has 0 bridgehead atoms. The van der Waals surface area contributed by atoms with Crippen LogP contribution in [0.15, 0.2) is 36.2 Å². The molecule has 1 aromatic rings. The average molecular weight is 549 g/mol. The van der Waals surface area contributed by atoms with Crippen molar-refractivity contribution in [2.24, 2.45) is 17.8 Å². The summed E-state index contributed by atoms with van der Waals surface area (Å²) in [6.45, 7) is 0.250. The normalized spacial score (nSPS) is 32.2. The van der Waals surface area contributed by atoms with E-state index in [2.05, 4.69) is 16.4 Å². The average Bonchev–Trinajstić information content (AvgIpc) is 2.89. The van der Waals surface area contributed by atoms with Crippen molar-refractivity contribution in [3.63, 3.8) is 0 Å². The lowest BCUT2D eigenvalue weighted by Crippen LogP contribution is -2.44. The Labute approximate surface area is 219 Å². The maximum Gasteiger partial charge on any atom is 0.422 e. The van der Waals surface area contributed by atoms with Crippen molar-refractivity contribution < 1.29 is 40.2 Å². The Morgan fingerprint density at radius 1 is 0.921 bits per heavy atom. The molecule has 3 aliphatic carbocycles. The van der Waals surface area contributed by atoms with E-state index in [9.17, 15) is 30.7 Å². The van der Waals surface area contributed by atoms with Crippen LogP contribution in [0.3, 0.4) is 0 Å². The minimum absolute atomic E-state index is 0.0911. The number of allylic oxidation sites excluding steroid dienone is 2. The maximum atomic E-state index is 14.7. The Hall–Kier alpha value is -2.03. The van der Waals surface area contributed by atoms with Gasteiger partial charge in [-0.1, -0.05) is 38.7 Å². The summed E-state index contributed by atoms with van der Waals surface area (Å²) in [5, 5.41) is 0. The van der Waals surface area contributed by atoms with Crippen molar-refractivity contribution in [1.82, 2.24) is 0 Å². The number of hydrogen-bond acceptors (Lipinski definition) is 2. The lowest BCUT2D eigenvalue weighted by molar-refractivity contribution is -0.263. The quantitative estimate of drug-likeness (QED) is 0.286. The van der Waals surface area contributed by atoms with Crippen LogP contribution in [-0.4, -0.2) is 24.7 Å². The first kappa shape index (κ1) is 29.0. The third-order valence-electron chi connectivity index (χ3n) is 8.42. The van der Waals surface area contributed by atoms with Gasteiger partial charge in [-0.15, -0.1) is 0 Å². The molecule has 212 valence electrons. The van der Waals surface area contributed by atoms with Gasteiger partial charge in [0.05, 0.1) is 0 Å². The molecule has 0 aromatic heterocycles. The molecule has 0 amide bonds. The van der Waals surface area contributed by atoms with E-state index in [0.717, 1.165) is 49.8 Å². The topological polar surface area (TPSA) is 18.5 Å². The van der Waals surface area contributed by atoms with Crippen molar-refractivity contribution in [1.29, 1.82) is 0 Å². The van der Waals surface area contributed by atoms with E-state index in [0.29, 0.717) is 29.6 Å². The second kappa shape index (κ2) is 12.0. The van der Waals surface area contributed by atoms with Gasteiger partial charge in [0.1, 0.15) is 0 Å². The van der Waals surface area contributed by atoms with Gasteiger partial charge in [-0.3, -0.25) is 0 Å². The zero-order valence-corrected chi connectivity index (χ0v) is 21.5. The van der Waals surface area contributed by atoms with E-state index in [1.165, 1.54) is 38.5 Å². The highest BCUT2D eigenvalue weighted by Gasteiger charge is 2.49. The van der Waals surface area contributed by atoms with Crippen LogP contribution in [-0.2, 0) is 4.74 Å². The third kappa shape index (κ3) is 6.57. The molecule has 2 nitrogen and oxygen atoms in total. The highest BCUT2D eigenvalue weighted by atomic mass is 19.3. The molecule has 0 saturated heterocycles. The summed E-state index contributed by atoms with van der Waals surface area (Å²) in [4.78, 5) is 0. The van der Waals surface area contributed by atoms with Crippen LogP contribution in [0.5, 0.6) is 5.75 Å². The molecule has 0 N–H and O–H groups in total. The lowest BCUT2D eigenvalue weighted by atomic mass is 9.68. The summed E-state index contributed by atoms with van der Waals surface area (Å²) >= 11 is 0. The number of ether oxygens (including phenoxy) is 2. The predicted molar refractivity (Wildman–Crippen MR) is 130 cm³/mol. The Kier molecular flexibility index (Phi) is 9.15. The van der Waals surface area contributed by atoms with Crippen LogP contribution >= 0.6 is 0 Å². The molecular formula is C29H35F7O2. The van der Waals surface area contributed by atoms with Crippen molar-refractivity contribution in [2.75, 3.05) is 6.61 Å². The second-order valence-corrected chi connectivity index (χ2v) is 11.0. The van der Waals surface area contributed by atoms with Gasteiger partial charge >= 0.3 is 6.11 Å². The van der Waals surface area contributed by atoms with E-state index in [1.807, 2.05) is 0 Å². The van der Waals surface area contributed by atoms with Gasteiger partial charge in [-0.2, -0.15) is 8.78 Å². The molecular weight excluding hydrogens is 513 g/mol. The predicted octanol–water partition coefficient (Wildman–Crippen LogP) is 9.26. The van der Waals surface area contributed by atoms with Crippen LogP contribution in [0.4, 0.5) is 30.7 Å². The van der Waals surface area contributed by atoms with Crippen molar-refractivity contribution in [3.05, 3.63) is 53.4 Å². The summed E-state index contributed by atoms with van der Waals surface area (Å²) in [5.41, 5.74) is 0.376. The number of halogens is 7. The lowest BCUT2D eigenvalue weighted by Gasteiger charge is -2.38. The smallest absolute Gasteiger partial charge is 0.422 e. The fourth-order valence-corrected chi connectivity index (χ4v) is 6.32.